The topological polar surface area (TPSA) is 36.7 Å². The highest BCUT2D eigenvalue weighted by molar-refractivity contribution is 6.35. The number of hydrogen-bond acceptors (Lipinski definition) is 2. The minimum absolute atomic E-state index is 0.0119. The van der Waals surface area contributed by atoms with Gasteiger partial charge in [0.15, 0.2) is 0 Å². The van der Waals surface area contributed by atoms with E-state index in [2.05, 4.69) is 4.98 Å². The lowest BCUT2D eigenvalue weighted by molar-refractivity contribution is -0.141. The van der Waals surface area contributed by atoms with Gasteiger partial charge in [0.05, 0.1) is 16.3 Å². The summed E-state index contributed by atoms with van der Waals surface area (Å²) in [7, 11) is 0. The first-order valence-corrected chi connectivity index (χ1v) is 6.02. The van der Waals surface area contributed by atoms with Crippen LogP contribution >= 0.6 is 23.2 Å². The number of halogens is 5. The highest BCUT2D eigenvalue weighted by Gasteiger charge is 2.33. The zero-order valence-electron chi connectivity index (χ0n) is 9.67. The Morgan fingerprint density at radius 3 is 2.40 bits per heavy atom. The fraction of sp³-hybridized carbons (Fsp3) is 0.0769. The molecule has 0 atom stereocenters. The molecule has 0 N–H and O–H groups in total. The lowest BCUT2D eigenvalue weighted by Crippen LogP contribution is -2.09. The van der Waals surface area contributed by atoms with Crippen LogP contribution in [-0.4, -0.2) is 4.98 Å². The first-order valence-electron chi connectivity index (χ1n) is 5.26. The fourth-order valence-corrected chi connectivity index (χ4v) is 1.97. The van der Waals surface area contributed by atoms with Crippen molar-refractivity contribution in [1.82, 2.24) is 4.98 Å². The summed E-state index contributed by atoms with van der Waals surface area (Å²) in [6, 6.07) is 7.89. The monoisotopic (exact) mass is 316 g/mol. The molecule has 2 nitrogen and oxygen atoms in total. The van der Waals surface area contributed by atoms with E-state index in [1.165, 1.54) is 18.2 Å². The van der Waals surface area contributed by atoms with E-state index in [4.69, 9.17) is 28.5 Å². The molecular formula is C13H5Cl2F3N2. The molecule has 2 aromatic rings. The summed E-state index contributed by atoms with van der Waals surface area (Å²) in [6.07, 6.45) is -4.60. The van der Waals surface area contributed by atoms with Crippen molar-refractivity contribution < 1.29 is 13.2 Å². The van der Waals surface area contributed by atoms with Gasteiger partial charge < -0.3 is 0 Å². The molecule has 0 saturated heterocycles. The second kappa shape index (κ2) is 5.31. The van der Waals surface area contributed by atoms with Crippen LogP contribution in [0.1, 0.15) is 11.3 Å². The van der Waals surface area contributed by atoms with Gasteiger partial charge in [0.2, 0.25) is 0 Å². The zero-order valence-corrected chi connectivity index (χ0v) is 11.2. The van der Waals surface area contributed by atoms with Gasteiger partial charge in [0.25, 0.3) is 0 Å². The van der Waals surface area contributed by atoms with Crippen LogP contribution in [0, 0.1) is 11.3 Å². The number of alkyl halides is 3. The van der Waals surface area contributed by atoms with Gasteiger partial charge in [-0.05, 0) is 30.3 Å². The van der Waals surface area contributed by atoms with Crippen LogP contribution in [0.3, 0.4) is 0 Å². The standard InChI is InChI=1S/C13H5Cl2F3N2/c14-8-2-3-10(15)9(5-8)12-7(6-19)1-4-11(20-12)13(16,17)18/h1-5H. The Hall–Kier alpha value is -1.77. The molecular weight excluding hydrogens is 312 g/mol. The van der Waals surface area contributed by atoms with Crippen LogP contribution in [-0.2, 0) is 6.18 Å². The van der Waals surface area contributed by atoms with Gasteiger partial charge in [-0.15, -0.1) is 0 Å². The summed E-state index contributed by atoms with van der Waals surface area (Å²) in [5.74, 6) is 0. The van der Waals surface area contributed by atoms with Crippen molar-refractivity contribution in [3.05, 3.63) is 51.6 Å². The summed E-state index contributed by atoms with van der Waals surface area (Å²) in [5, 5.41) is 9.44. The van der Waals surface area contributed by atoms with Crippen LogP contribution in [0.5, 0.6) is 0 Å². The Morgan fingerprint density at radius 2 is 1.80 bits per heavy atom. The van der Waals surface area contributed by atoms with Crippen LogP contribution in [0.2, 0.25) is 10.0 Å². The van der Waals surface area contributed by atoms with Crippen LogP contribution < -0.4 is 0 Å². The first-order chi connectivity index (χ1) is 9.32. The van der Waals surface area contributed by atoms with E-state index in [-0.39, 0.29) is 26.9 Å². The molecule has 1 aromatic heterocycles. The van der Waals surface area contributed by atoms with E-state index in [9.17, 15) is 13.2 Å². The Labute approximate surface area is 122 Å². The fourth-order valence-electron chi connectivity index (χ4n) is 1.59. The van der Waals surface area contributed by atoms with Crippen molar-refractivity contribution in [2.75, 3.05) is 0 Å². The van der Waals surface area contributed by atoms with Crippen molar-refractivity contribution in [3.63, 3.8) is 0 Å². The predicted molar refractivity (Wildman–Crippen MR) is 69.4 cm³/mol. The SMILES string of the molecule is N#Cc1ccc(C(F)(F)F)nc1-c1cc(Cl)ccc1Cl. The summed E-state index contributed by atoms with van der Waals surface area (Å²) < 4.78 is 38.1. The van der Waals surface area contributed by atoms with Gasteiger partial charge in [-0.1, -0.05) is 23.2 Å². The highest BCUT2D eigenvalue weighted by Crippen LogP contribution is 2.34. The molecule has 0 bridgehead atoms. The second-order valence-electron chi connectivity index (χ2n) is 3.83. The number of nitriles is 1. The van der Waals surface area contributed by atoms with Gasteiger partial charge in [-0.3, -0.25) is 0 Å². The lowest BCUT2D eigenvalue weighted by atomic mass is 10.1. The summed E-state index contributed by atoms with van der Waals surface area (Å²) >= 11 is 11.7. The summed E-state index contributed by atoms with van der Waals surface area (Å²) in [6.45, 7) is 0. The van der Waals surface area contributed by atoms with Crippen molar-refractivity contribution in [3.8, 4) is 17.3 Å². The Balaban J connectivity index is 2.72. The smallest absolute Gasteiger partial charge is 0.242 e. The maximum absolute atomic E-state index is 12.7. The molecule has 0 saturated carbocycles. The molecule has 0 aliphatic carbocycles. The minimum atomic E-state index is -4.60. The predicted octanol–water partition coefficient (Wildman–Crippen LogP) is 4.95. The number of aromatic nitrogens is 1. The number of nitrogens with zero attached hydrogens (tertiary/aromatic N) is 2. The Bertz CT molecular complexity index is 706. The number of rotatable bonds is 1. The molecule has 7 heteroatoms. The molecule has 0 aliphatic rings. The number of benzene rings is 1. The van der Waals surface area contributed by atoms with E-state index in [1.54, 1.807) is 6.07 Å². The van der Waals surface area contributed by atoms with Gasteiger partial charge in [0.1, 0.15) is 11.8 Å². The molecule has 102 valence electrons. The van der Waals surface area contributed by atoms with Crippen LogP contribution in [0.25, 0.3) is 11.3 Å². The average molecular weight is 317 g/mol. The van der Waals surface area contributed by atoms with Crippen molar-refractivity contribution >= 4 is 23.2 Å². The number of hydrogen-bond donors (Lipinski definition) is 0. The third kappa shape index (κ3) is 2.87. The molecule has 2 rings (SSSR count). The van der Waals surface area contributed by atoms with Crippen LogP contribution in [0.15, 0.2) is 30.3 Å². The quantitative estimate of drug-likeness (QED) is 0.746. The molecule has 0 unspecified atom stereocenters. The van der Waals surface area contributed by atoms with E-state index in [0.717, 1.165) is 12.1 Å². The first kappa shape index (κ1) is 14.6. The maximum atomic E-state index is 12.7. The summed E-state index contributed by atoms with van der Waals surface area (Å²) in [4.78, 5) is 3.50. The van der Waals surface area contributed by atoms with E-state index in [1.807, 2.05) is 0 Å². The molecule has 0 fully saturated rings. The molecule has 1 aromatic carbocycles. The molecule has 0 radical (unpaired) electrons. The summed E-state index contributed by atoms with van der Waals surface area (Å²) in [5.41, 5.74) is -1.07. The Morgan fingerprint density at radius 1 is 1.10 bits per heavy atom. The largest absolute Gasteiger partial charge is 0.433 e. The van der Waals surface area contributed by atoms with E-state index in [0.29, 0.717) is 0 Å². The van der Waals surface area contributed by atoms with Gasteiger partial charge >= 0.3 is 6.18 Å². The van der Waals surface area contributed by atoms with Gasteiger partial charge in [0, 0.05) is 10.6 Å². The molecule has 0 aliphatic heterocycles. The highest BCUT2D eigenvalue weighted by atomic mass is 35.5. The van der Waals surface area contributed by atoms with E-state index < -0.39 is 11.9 Å². The third-order valence-electron chi connectivity index (χ3n) is 2.49. The van der Waals surface area contributed by atoms with Crippen molar-refractivity contribution in [2.24, 2.45) is 0 Å². The third-order valence-corrected chi connectivity index (χ3v) is 3.05. The zero-order chi connectivity index (χ0) is 14.9. The van der Waals surface area contributed by atoms with E-state index >= 15 is 0 Å². The lowest BCUT2D eigenvalue weighted by Gasteiger charge is -2.10. The van der Waals surface area contributed by atoms with Gasteiger partial charge in [-0.2, -0.15) is 18.4 Å². The number of pyridine rings is 1. The normalized spacial score (nSPS) is 11.2. The maximum Gasteiger partial charge on any atom is 0.433 e. The van der Waals surface area contributed by atoms with Gasteiger partial charge in [-0.25, -0.2) is 4.98 Å². The molecule has 0 spiro atoms. The minimum Gasteiger partial charge on any atom is -0.242 e. The Kier molecular flexibility index (Phi) is 3.89. The van der Waals surface area contributed by atoms with Crippen LogP contribution in [0.4, 0.5) is 13.2 Å². The molecule has 20 heavy (non-hydrogen) atoms. The average Bonchev–Trinajstić information content (AvgIpc) is 2.40. The second-order valence-corrected chi connectivity index (χ2v) is 4.67. The van der Waals surface area contributed by atoms with Crippen molar-refractivity contribution in [2.45, 2.75) is 6.18 Å². The molecule has 1 heterocycles. The molecule has 0 amide bonds. The van der Waals surface area contributed by atoms with Crippen molar-refractivity contribution in [1.29, 1.82) is 5.26 Å².